The molecule has 2 heterocycles. The van der Waals surface area contributed by atoms with Crippen molar-refractivity contribution in [3.8, 4) is 0 Å². The molecule has 1 amide bonds. The van der Waals surface area contributed by atoms with Gasteiger partial charge in [-0.25, -0.2) is 4.98 Å². The van der Waals surface area contributed by atoms with E-state index in [1.165, 1.54) is 6.33 Å². The Balaban J connectivity index is 1.69. The minimum atomic E-state index is -0.308. The first kappa shape index (κ1) is 13.8. The number of aromatic nitrogens is 5. The number of nitrogens with one attached hydrogen (secondary N) is 1. The molecule has 3 rings (SSSR count). The average Bonchev–Trinajstić information content (AvgIpc) is 2.86. The summed E-state index contributed by atoms with van der Waals surface area (Å²) in [5.74, 6) is 0.883. The molecule has 0 bridgehead atoms. The quantitative estimate of drug-likeness (QED) is 0.862. The second-order valence-electron chi connectivity index (χ2n) is 5.66. The normalized spacial score (nSPS) is 17.4. The van der Waals surface area contributed by atoms with Crippen LogP contribution < -0.4 is 5.32 Å². The molecular formula is C14H20N6O. The number of nitrogens with zero attached hydrogens (tertiary/aromatic N) is 5. The van der Waals surface area contributed by atoms with E-state index in [0.29, 0.717) is 6.54 Å². The van der Waals surface area contributed by atoms with Crippen molar-refractivity contribution in [1.82, 2.24) is 29.9 Å². The summed E-state index contributed by atoms with van der Waals surface area (Å²) >= 11 is 0. The highest BCUT2D eigenvalue weighted by Crippen LogP contribution is 2.47. The van der Waals surface area contributed by atoms with Crippen LogP contribution in [0.25, 0.3) is 0 Å². The Morgan fingerprint density at radius 1 is 1.48 bits per heavy atom. The zero-order valence-corrected chi connectivity index (χ0v) is 12.4. The lowest BCUT2D eigenvalue weighted by atomic mass is 10.1. The van der Waals surface area contributed by atoms with Crippen molar-refractivity contribution in [2.24, 2.45) is 12.5 Å². The van der Waals surface area contributed by atoms with Crippen LogP contribution in [0, 0.1) is 5.41 Å². The number of amides is 1. The third kappa shape index (κ3) is 2.68. The van der Waals surface area contributed by atoms with Gasteiger partial charge in [0.25, 0.3) is 0 Å². The smallest absolute Gasteiger partial charge is 0.228 e. The lowest BCUT2D eigenvalue weighted by Gasteiger charge is -2.21. The minimum absolute atomic E-state index is 0.0906. The predicted molar refractivity (Wildman–Crippen MR) is 76.1 cm³/mol. The Bertz CT molecular complexity index is 613. The van der Waals surface area contributed by atoms with E-state index >= 15 is 0 Å². The van der Waals surface area contributed by atoms with Gasteiger partial charge >= 0.3 is 0 Å². The number of hydrogen-bond donors (Lipinski definition) is 1. The van der Waals surface area contributed by atoms with E-state index in [-0.39, 0.29) is 17.4 Å². The van der Waals surface area contributed by atoms with Crippen LogP contribution in [0.5, 0.6) is 0 Å². The first-order valence-electron chi connectivity index (χ1n) is 7.27. The molecule has 1 saturated carbocycles. The summed E-state index contributed by atoms with van der Waals surface area (Å²) in [6.45, 7) is 2.67. The minimum Gasteiger partial charge on any atom is -0.346 e. The van der Waals surface area contributed by atoms with Gasteiger partial charge in [-0.15, -0.1) is 0 Å². The van der Waals surface area contributed by atoms with Crippen molar-refractivity contribution in [2.75, 3.05) is 0 Å². The molecule has 7 heteroatoms. The number of rotatable bonds is 6. The molecule has 2 aromatic rings. The van der Waals surface area contributed by atoms with Gasteiger partial charge in [-0.2, -0.15) is 10.2 Å². The van der Waals surface area contributed by atoms with Crippen molar-refractivity contribution in [3.05, 3.63) is 30.6 Å². The Hall–Kier alpha value is -2.18. The van der Waals surface area contributed by atoms with Gasteiger partial charge in [0.2, 0.25) is 5.91 Å². The topological polar surface area (TPSA) is 77.6 Å². The molecule has 1 aliphatic carbocycles. The molecule has 1 aliphatic rings. The van der Waals surface area contributed by atoms with Crippen molar-refractivity contribution in [2.45, 2.75) is 38.8 Å². The van der Waals surface area contributed by atoms with E-state index in [4.69, 9.17) is 0 Å². The molecule has 0 aromatic carbocycles. The average molecular weight is 288 g/mol. The molecule has 21 heavy (non-hydrogen) atoms. The van der Waals surface area contributed by atoms with Gasteiger partial charge in [0, 0.05) is 19.4 Å². The van der Waals surface area contributed by atoms with Crippen LogP contribution in [-0.2, 0) is 18.4 Å². The molecule has 0 unspecified atom stereocenters. The lowest BCUT2D eigenvalue weighted by molar-refractivity contribution is -0.127. The fourth-order valence-electron chi connectivity index (χ4n) is 2.59. The van der Waals surface area contributed by atoms with Crippen molar-refractivity contribution >= 4 is 5.91 Å². The highest BCUT2D eigenvalue weighted by atomic mass is 16.2. The second-order valence-corrected chi connectivity index (χ2v) is 5.66. The van der Waals surface area contributed by atoms with E-state index in [0.717, 1.165) is 25.1 Å². The molecule has 2 aromatic heterocycles. The first-order valence-corrected chi connectivity index (χ1v) is 7.27. The van der Waals surface area contributed by atoms with Crippen molar-refractivity contribution < 1.29 is 4.79 Å². The maximum atomic E-state index is 12.6. The highest BCUT2D eigenvalue weighted by Gasteiger charge is 2.50. The summed E-state index contributed by atoms with van der Waals surface area (Å²) in [6.07, 6.45) is 7.76. The Morgan fingerprint density at radius 3 is 2.81 bits per heavy atom. The van der Waals surface area contributed by atoms with Crippen molar-refractivity contribution in [3.63, 3.8) is 0 Å². The summed E-state index contributed by atoms with van der Waals surface area (Å²) in [7, 11) is 1.84. The molecule has 7 nitrogen and oxygen atoms in total. The maximum Gasteiger partial charge on any atom is 0.228 e. The van der Waals surface area contributed by atoms with Crippen LogP contribution in [0.4, 0.5) is 0 Å². The van der Waals surface area contributed by atoms with Crippen LogP contribution in [0.2, 0.25) is 0 Å². The van der Waals surface area contributed by atoms with Gasteiger partial charge in [0.05, 0.1) is 18.0 Å². The number of aryl methyl sites for hydroxylation is 1. The highest BCUT2D eigenvalue weighted by molar-refractivity contribution is 5.85. The third-order valence-electron chi connectivity index (χ3n) is 4.13. The largest absolute Gasteiger partial charge is 0.346 e. The van der Waals surface area contributed by atoms with Crippen LogP contribution >= 0.6 is 0 Å². The van der Waals surface area contributed by atoms with Gasteiger partial charge in [0.15, 0.2) is 0 Å². The predicted octanol–water partition coefficient (Wildman–Crippen LogP) is 1.06. The summed E-state index contributed by atoms with van der Waals surface area (Å²) in [5, 5.41) is 11.4. The van der Waals surface area contributed by atoms with Gasteiger partial charge in [-0.1, -0.05) is 6.92 Å². The maximum absolute atomic E-state index is 12.6. The Labute approximate surface area is 123 Å². The summed E-state index contributed by atoms with van der Waals surface area (Å²) in [4.78, 5) is 16.9. The molecule has 1 fully saturated rings. The van der Waals surface area contributed by atoms with E-state index in [1.807, 2.05) is 30.9 Å². The van der Waals surface area contributed by atoms with Gasteiger partial charge in [-0.3, -0.25) is 14.2 Å². The monoisotopic (exact) mass is 288 g/mol. The van der Waals surface area contributed by atoms with Gasteiger partial charge < -0.3 is 5.32 Å². The molecule has 0 saturated heterocycles. The summed E-state index contributed by atoms with van der Waals surface area (Å²) < 4.78 is 3.54. The van der Waals surface area contributed by atoms with E-state index in [2.05, 4.69) is 20.5 Å². The van der Waals surface area contributed by atoms with E-state index in [1.54, 1.807) is 10.9 Å². The first-order chi connectivity index (χ1) is 10.1. The van der Waals surface area contributed by atoms with Gasteiger partial charge in [0.1, 0.15) is 12.2 Å². The number of carbonyl (C=O) groups is 1. The molecule has 0 aliphatic heterocycles. The van der Waals surface area contributed by atoms with Crippen molar-refractivity contribution in [1.29, 1.82) is 0 Å². The van der Waals surface area contributed by atoms with E-state index in [9.17, 15) is 4.79 Å². The van der Waals surface area contributed by atoms with Crippen LogP contribution in [0.1, 0.15) is 38.1 Å². The fourth-order valence-corrected chi connectivity index (χ4v) is 2.59. The standard InChI is InChI=1S/C14H20N6O/c1-3-11(12-15-10-17-19(12)2)18-13(21)14(5-6-14)9-20-8-4-7-16-20/h4,7-8,10-11H,3,5-6,9H2,1-2H3,(H,18,21)/t11-/m1/s1. The molecule has 1 atom stereocenters. The van der Waals surface area contributed by atoms with Crippen LogP contribution in [0.3, 0.4) is 0 Å². The number of hydrogen-bond acceptors (Lipinski definition) is 4. The van der Waals surface area contributed by atoms with Crippen LogP contribution in [-0.4, -0.2) is 30.5 Å². The molecule has 112 valence electrons. The zero-order valence-electron chi connectivity index (χ0n) is 12.4. The molecule has 1 N–H and O–H groups in total. The SMILES string of the molecule is CC[C@@H](NC(=O)C1(Cn2cccn2)CC1)c1ncnn1C. The lowest BCUT2D eigenvalue weighted by Crippen LogP contribution is -2.38. The molecular weight excluding hydrogens is 268 g/mol. The van der Waals surface area contributed by atoms with E-state index < -0.39 is 0 Å². The van der Waals surface area contributed by atoms with Gasteiger partial charge in [-0.05, 0) is 25.3 Å². The number of carbonyl (C=O) groups excluding carboxylic acids is 1. The van der Waals surface area contributed by atoms with Crippen LogP contribution in [0.15, 0.2) is 24.8 Å². The Morgan fingerprint density at radius 2 is 2.29 bits per heavy atom. The summed E-state index contributed by atoms with van der Waals surface area (Å²) in [5.41, 5.74) is -0.308. The molecule has 0 spiro atoms. The molecule has 0 radical (unpaired) electrons. The summed E-state index contributed by atoms with van der Waals surface area (Å²) in [6, 6.07) is 1.78. The third-order valence-corrected chi connectivity index (χ3v) is 4.13. The zero-order chi connectivity index (χ0) is 14.9. The fraction of sp³-hybridized carbons (Fsp3) is 0.571. The Kier molecular flexibility index (Phi) is 3.48. The second kappa shape index (κ2) is 5.31.